The number of fused-ring (bicyclic) bond motifs is 1. The Morgan fingerprint density at radius 2 is 1.68 bits per heavy atom. The number of hydrogen-bond donors (Lipinski definition) is 1. The van der Waals surface area contributed by atoms with E-state index >= 15 is 0 Å². The number of imidazole rings is 1. The molecular formula is C19H16F3N3O2S. The number of benzene rings is 2. The number of halogens is 3. The van der Waals surface area contributed by atoms with Crippen molar-refractivity contribution >= 4 is 15.7 Å². The van der Waals surface area contributed by atoms with E-state index in [-0.39, 0.29) is 4.90 Å². The summed E-state index contributed by atoms with van der Waals surface area (Å²) >= 11 is 0. The van der Waals surface area contributed by atoms with Crippen molar-refractivity contribution in [1.82, 2.24) is 9.55 Å². The molecule has 1 aliphatic rings. The van der Waals surface area contributed by atoms with Crippen LogP contribution < -0.4 is 4.72 Å². The maximum atomic E-state index is 12.6. The maximum absolute atomic E-state index is 12.6. The largest absolute Gasteiger partial charge is 0.416 e. The normalized spacial score (nSPS) is 14.1. The van der Waals surface area contributed by atoms with E-state index in [1.54, 1.807) is 30.5 Å². The molecule has 28 heavy (non-hydrogen) atoms. The summed E-state index contributed by atoms with van der Waals surface area (Å²) in [5.74, 6) is 1.04. The molecule has 0 radical (unpaired) electrons. The van der Waals surface area contributed by atoms with E-state index in [0.717, 1.165) is 60.7 Å². The van der Waals surface area contributed by atoms with Crippen molar-refractivity contribution < 1.29 is 21.6 Å². The fraction of sp³-hybridized carbons (Fsp3) is 0.211. The van der Waals surface area contributed by atoms with Gasteiger partial charge < -0.3 is 4.57 Å². The third kappa shape index (κ3) is 3.49. The molecule has 0 spiro atoms. The van der Waals surface area contributed by atoms with Gasteiger partial charge in [0.25, 0.3) is 10.0 Å². The molecule has 0 fully saturated rings. The maximum Gasteiger partial charge on any atom is 0.416 e. The van der Waals surface area contributed by atoms with Gasteiger partial charge in [-0.25, -0.2) is 13.4 Å². The number of nitrogens with one attached hydrogen (secondary N) is 1. The van der Waals surface area contributed by atoms with Gasteiger partial charge in [0.15, 0.2) is 0 Å². The van der Waals surface area contributed by atoms with Crippen molar-refractivity contribution in [2.24, 2.45) is 0 Å². The van der Waals surface area contributed by atoms with Crippen molar-refractivity contribution in [1.29, 1.82) is 0 Å². The Morgan fingerprint density at radius 3 is 2.32 bits per heavy atom. The van der Waals surface area contributed by atoms with Gasteiger partial charge in [0.2, 0.25) is 0 Å². The fourth-order valence-electron chi connectivity index (χ4n) is 3.23. The molecule has 2 aromatic carbocycles. The average Bonchev–Trinajstić information content (AvgIpc) is 3.25. The molecule has 146 valence electrons. The lowest BCUT2D eigenvalue weighted by atomic mass is 10.1. The molecule has 1 N–H and O–H groups in total. The monoisotopic (exact) mass is 407 g/mol. The highest BCUT2D eigenvalue weighted by atomic mass is 32.2. The van der Waals surface area contributed by atoms with Crippen LogP contribution in [0, 0.1) is 0 Å². The minimum Gasteiger partial charge on any atom is -0.328 e. The number of nitrogens with zero attached hydrogens (tertiary/aromatic N) is 2. The Bertz CT molecular complexity index is 1100. The summed E-state index contributed by atoms with van der Waals surface area (Å²) < 4.78 is 67.3. The van der Waals surface area contributed by atoms with Crippen LogP contribution in [0.15, 0.2) is 59.6 Å². The van der Waals surface area contributed by atoms with E-state index in [1.807, 2.05) is 0 Å². The van der Waals surface area contributed by atoms with Crippen molar-refractivity contribution in [3.05, 3.63) is 66.1 Å². The molecule has 0 amide bonds. The zero-order valence-electron chi connectivity index (χ0n) is 14.6. The van der Waals surface area contributed by atoms with Gasteiger partial charge in [-0.1, -0.05) is 12.1 Å². The summed E-state index contributed by atoms with van der Waals surface area (Å²) in [6.07, 6.45) is -0.707. The topological polar surface area (TPSA) is 64.0 Å². The molecule has 3 aromatic rings. The minimum atomic E-state index is -4.51. The van der Waals surface area contributed by atoms with Crippen LogP contribution in [0.3, 0.4) is 0 Å². The molecule has 2 heterocycles. The van der Waals surface area contributed by atoms with Crippen molar-refractivity contribution in [3.63, 3.8) is 0 Å². The molecule has 0 atom stereocenters. The molecule has 9 heteroatoms. The quantitative estimate of drug-likeness (QED) is 0.701. The first-order valence-corrected chi connectivity index (χ1v) is 10.1. The third-order valence-electron chi connectivity index (χ3n) is 4.65. The Morgan fingerprint density at radius 1 is 1.00 bits per heavy atom. The first kappa shape index (κ1) is 18.5. The van der Waals surface area contributed by atoms with Crippen molar-refractivity contribution in [2.75, 3.05) is 4.72 Å². The first-order valence-electron chi connectivity index (χ1n) is 8.59. The van der Waals surface area contributed by atoms with E-state index in [0.29, 0.717) is 5.69 Å². The number of hydrogen-bond acceptors (Lipinski definition) is 3. The SMILES string of the molecule is O=S(=O)(Nc1ccc(-c2cnc3n2CCC3)cc1)c1ccc(C(F)(F)F)cc1. The van der Waals surface area contributed by atoms with E-state index in [1.165, 1.54) is 0 Å². The van der Waals surface area contributed by atoms with E-state index in [4.69, 9.17) is 0 Å². The van der Waals surface area contributed by atoms with E-state index in [9.17, 15) is 21.6 Å². The zero-order valence-corrected chi connectivity index (χ0v) is 15.4. The lowest BCUT2D eigenvalue weighted by Crippen LogP contribution is -2.13. The van der Waals surface area contributed by atoms with Gasteiger partial charge in [0, 0.05) is 18.7 Å². The van der Waals surface area contributed by atoms with Crippen LogP contribution in [0.4, 0.5) is 18.9 Å². The number of aromatic nitrogens is 2. The molecule has 0 bridgehead atoms. The van der Waals surface area contributed by atoms with Gasteiger partial charge in [0.05, 0.1) is 22.3 Å². The standard InChI is InChI=1S/C19H16F3N3O2S/c20-19(21,22)14-5-9-16(10-6-14)28(26,27)24-15-7-3-13(4-8-15)17-12-23-18-2-1-11-25(17)18/h3-10,12,24H,1-2,11H2. The van der Waals surface area contributed by atoms with E-state index < -0.39 is 21.8 Å². The van der Waals surface area contributed by atoms with Crippen molar-refractivity contribution in [3.8, 4) is 11.3 Å². The Labute approximate surface area is 159 Å². The molecule has 1 aliphatic heterocycles. The van der Waals surface area contributed by atoms with Crippen LogP contribution in [-0.4, -0.2) is 18.0 Å². The molecule has 4 rings (SSSR count). The smallest absolute Gasteiger partial charge is 0.328 e. The van der Waals surface area contributed by atoms with Gasteiger partial charge in [-0.15, -0.1) is 0 Å². The predicted molar refractivity (Wildman–Crippen MR) is 98.2 cm³/mol. The summed E-state index contributed by atoms with van der Waals surface area (Å²) in [6, 6.07) is 10.2. The Balaban J connectivity index is 1.53. The van der Waals surface area contributed by atoms with Crippen LogP contribution in [-0.2, 0) is 29.2 Å². The van der Waals surface area contributed by atoms with Gasteiger partial charge in [-0.05, 0) is 48.4 Å². The first-order chi connectivity index (χ1) is 13.2. The third-order valence-corrected chi connectivity index (χ3v) is 6.04. The molecule has 1 aromatic heterocycles. The zero-order chi connectivity index (χ0) is 19.9. The number of alkyl halides is 3. The second-order valence-electron chi connectivity index (χ2n) is 6.52. The lowest BCUT2D eigenvalue weighted by molar-refractivity contribution is -0.137. The molecule has 0 unspecified atom stereocenters. The minimum absolute atomic E-state index is 0.238. The average molecular weight is 407 g/mol. The number of aryl methyl sites for hydroxylation is 1. The highest BCUT2D eigenvalue weighted by Gasteiger charge is 2.30. The summed E-state index contributed by atoms with van der Waals surface area (Å²) in [5.41, 5.74) is 1.32. The number of sulfonamides is 1. The van der Waals surface area contributed by atoms with E-state index in [2.05, 4.69) is 14.3 Å². The molecular weight excluding hydrogens is 391 g/mol. The lowest BCUT2D eigenvalue weighted by Gasteiger charge is -2.11. The summed E-state index contributed by atoms with van der Waals surface area (Å²) in [5, 5.41) is 0. The number of anilines is 1. The second kappa shape index (κ2) is 6.66. The summed E-state index contributed by atoms with van der Waals surface area (Å²) in [4.78, 5) is 4.15. The van der Waals surface area contributed by atoms with Crippen LogP contribution in [0.1, 0.15) is 17.8 Å². The van der Waals surface area contributed by atoms with Crippen LogP contribution in [0.25, 0.3) is 11.3 Å². The highest BCUT2D eigenvalue weighted by Crippen LogP contribution is 2.30. The van der Waals surface area contributed by atoms with Gasteiger partial charge in [-0.2, -0.15) is 13.2 Å². The molecule has 0 saturated heterocycles. The molecule has 0 aliphatic carbocycles. The van der Waals surface area contributed by atoms with Crippen LogP contribution >= 0.6 is 0 Å². The summed E-state index contributed by atoms with van der Waals surface area (Å²) in [7, 11) is -3.99. The van der Waals surface area contributed by atoms with Crippen LogP contribution in [0.2, 0.25) is 0 Å². The van der Waals surface area contributed by atoms with Gasteiger partial charge in [0.1, 0.15) is 5.82 Å². The summed E-state index contributed by atoms with van der Waals surface area (Å²) in [6.45, 7) is 0.910. The predicted octanol–water partition coefficient (Wildman–Crippen LogP) is 4.32. The Hall–Kier alpha value is -2.81. The number of rotatable bonds is 4. The second-order valence-corrected chi connectivity index (χ2v) is 8.20. The Kier molecular flexibility index (Phi) is 4.41. The van der Waals surface area contributed by atoms with Gasteiger partial charge >= 0.3 is 6.18 Å². The van der Waals surface area contributed by atoms with Gasteiger partial charge in [-0.3, -0.25) is 4.72 Å². The van der Waals surface area contributed by atoms with Crippen LogP contribution in [0.5, 0.6) is 0 Å². The fourth-order valence-corrected chi connectivity index (χ4v) is 4.29. The molecule has 5 nitrogen and oxygen atoms in total. The molecule has 0 saturated carbocycles. The highest BCUT2D eigenvalue weighted by molar-refractivity contribution is 7.92. The van der Waals surface area contributed by atoms with Crippen molar-refractivity contribution in [2.45, 2.75) is 30.5 Å².